The van der Waals surface area contributed by atoms with Crippen LogP contribution in [0.5, 0.6) is 5.75 Å². The number of hydrogen-bond acceptors (Lipinski definition) is 5. The van der Waals surface area contributed by atoms with E-state index in [9.17, 15) is 14.3 Å². The number of rotatable bonds is 4. The molecule has 7 heteroatoms. The second-order valence-corrected chi connectivity index (χ2v) is 8.27. The molecule has 0 unspecified atom stereocenters. The first-order valence-electron chi connectivity index (χ1n) is 10.8. The molecule has 1 amide bonds. The van der Waals surface area contributed by atoms with Crippen molar-refractivity contribution in [1.82, 2.24) is 14.9 Å². The summed E-state index contributed by atoms with van der Waals surface area (Å²) < 4.78 is 13.2. The number of benzene rings is 3. The van der Waals surface area contributed by atoms with Gasteiger partial charge in [0.05, 0.1) is 17.6 Å². The molecule has 1 aliphatic rings. The Kier molecular flexibility index (Phi) is 5.38. The lowest BCUT2D eigenvalue weighted by atomic mass is 10.1. The SMILES string of the molecule is Cc1ccc2c(N3CCN(Cc4ccc(F)cc4)C(=O)C3)nc(-c3ccccc3O)nc2c1. The third-order valence-corrected chi connectivity index (χ3v) is 5.88. The van der Waals surface area contributed by atoms with Crippen molar-refractivity contribution in [3.05, 3.63) is 83.7 Å². The smallest absolute Gasteiger partial charge is 0.242 e. The number of aromatic nitrogens is 2. The van der Waals surface area contributed by atoms with Crippen molar-refractivity contribution in [2.24, 2.45) is 0 Å². The average molecular weight is 442 g/mol. The van der Waals surface area contributed by atoms with Gasteiger partial charge >= 0.3 is 0 Å². The summed E-state index contributed by atoms with van der Waals surface area (Å²) in [6, 6.07) is 19.2. The molecule has 6 nitrogen and oxygen atoms in total. The van der Waals surface area contributed by atoms with E-state index in [1.165, 1.54) is 12.1 Å². The Morgan fingerprint density at radius 1 is 1.00 bits per heavy atom. The number of para-hydroxylation sites is 1. The van der Waals surface area contributed by atoms with Crippen molar-refractivity contribution in [2.45, 2.75) is 13.5 Å². The number of amides is 1. The summed E-state index contributed by atoms with van der Waals surface area (Å²) in [7, 11) is 0. The number of halogens is 1. The molecule has 1 fully saturated rings. The molecule has 5 rings (SSSR count). The standard InChI is InChI=1S/C26H23FN4O2/c1-17-6-11-20-22(14-17)28-25(21-4-2-3-5-23(21)32)29-26(20)31-13-12-30(24(33)16-31)15-18-7-9-19(27)10-8-18/h2-11,14,32H,12-13,15-16H2,1H3. The first-order chi connectivity index (χ1) is 16.0. The number of nitrogens with zero attached hydrogens (tertiary/aromatic N) is 4. The van der Waals surface area contributed by atoms with Gasteiger partial charge in [0.25, 0.3) is 0 Å². The molecular formula is C26H23FN4O2. The molecular weight excluding hydrogens is 419 g/mol. The van der Waals surface area contributed by atoms with Crippen molar-refractivity contribution >= 4 is 22.6 Å². The van der Waals surface area contributed by atoms with Gasteiger partial charge in [-0.3, -0.25) is 4.79 Å². The third kappa shape index (κ3) is 4.22. The van der Waals surface area contributed by atoms with Gasteiger partial charge in [0.2, 0.25) is 5.91 Å². The van der Waals surface area contributed by atoms with Crippen LogP contribution >= 0.6 is 0 Å². The highest BCUT2D eigenvalue weighted by atomic mass is 19.1. The maximum Gasteiger partial charge on any atom is 0.242 e. The van der Waals surface area contributed by atoms with Crippen LogP contribution in [-0.2, 0) is 11.3 Å². The van der Waals surface area contributed by atoms with Gasteiger partial charge in [0.15, 0.2) is 5.82 Å². The lowest BCUT2D eigenvalue weighted by Gasteiger charge is -2.35. The number of carbonyl (C=O) groups excluding carboxylic acids is 1. The summed E-state index contributed by atoms with van der Waals surface area (Å²) in [6.07, 6.45) is 0. The second-order valence-electron chi connectivity index (χ2n) is 8.27. The summed E-state index contributed by atoms with van der Waals surface area (Å²) in [5, 5.41) is 11.2. The minimum absolute atomic E-state index is 0.0199. The van der Waals surface area contributed by atoms with Gasteiger partial charge in [-0.05, 0) is 54.4 Å². The van der Waals surface area contributed by atoms with Crippen molar-refractivity contribution in [3.63, 3.8) is 0 Å². The van der Waals surface area contributed by atoms with E-state index in [1.807, 2.05) is 36.1 Å². The fourth-order valence-corrected chi connectivity index (χ4v) is 4.11. The molecule has 0 atom stereocenters. The van der Waals surface area contributed by atoms with Crippen LogP contribution < -0.4 is 4.90 Å². The van der Waals surface area contributed by atoms with Crippen LogP contribution in [0.2, 0.25) is 0 Å². The Morgan fingerprint density at radius 2 is 1.79 bits per heavy atom. The molecule has 0 aliphatic carbocycles. The number of phenols is 1. The number of carbonyl (C=O) groups is 1. The lowest BCUT2D eigenvalue weighted by Crippen LogP contribution is -2.50. The van der Waals surface area contributed by atoms with E-state index in [1.54, 1.807) is 35.2 Å². The van der Waals surface area contributed by atoms with E-state index < -0.39 is 0 Å². The minimum Gasteiger partial charge on any atom is -0.507 e. The number of aryl methyl sites for hydroxylation is 1. The van der Waals surface area contributed by atoms with Crippen molar-refractivity contribution in [1.29, 1.82) is 0 Å². The fraction of sp³-hybridized carbons (Fsp3) is 0.192. The first kappa shape index (κ1) is 20.9. The molecule has 0 saturated carbocycles. The topological polar surface area (TPSA) is 69.6 Å². The summed E-state index contributed by atoms with van der Waals surface area (Å²) in [6.45, 7) is 3.76. The molecule has 2 heterocycles. The molecule has 4 aromatic rings. The maximum absolute atomic E-state index is 13.2. The molecule has 33 heavy (non-hydrogen) atoms. The van der Waals surface area contributed by atoms with Gasteiger partial charge in [0.1, 0.15) is 17.4 Å². The number of anilines is 1. The maximum atomic E-state index is 13.2. The molecule has 0 radical (unpaired) electrons. The third-order valence-electron chi connectivity index (χ3n) is 5.88. The minimum atomic E-state index is -0.291. The molecule has 1 N–H and O–H groups in total. The van der Waals surface area contributed by atoms with Gasteiger partial charge in [-0.2, -0.15) is 0 Å². The van der Waals surface area contributed by atoms with Crippen LogP contribution in [0.4, 0.5) is 10.2 Å². The van der Waals surface area contributed by atoms with Crippen LogP contribution in [0.3, 0.4) is 0 Å². The number of aromatic hydroxyl groups is 1. The zero-order valence-electron chi connectivity index (χ0n) is 18.2. The number of hydrogen-bond donors (Lipinski definition) is 1. The summed E-state index contributed by atoms with van der Waals surface area (Å²) in [5.74, 6) is 0.889. The largest absolute Gasteiger partial charge is 0.507 e. The molecule has 3 aromatic carbocycles. The highest BCUT2D eigenvalue weighted by Gasteiger charge is 2.27. The molecule has 0 bridgehead atoms. The van der Waals surface area contributed by atoms with Gasteiger partial charge < -0.3 is 14.9 Å². The zero-order chi connectivity index (χ0) is 22.9. The Labute approximate surface area is 190 Å². The van der Waals surface area contributed by atoms with E-state index in [2.05, 4.69) is 0 Å². The van der Waals surface area contributed by atoms with E-state index in [4.69, 9.17) is 9.97 Å². The normalized spacial score (nSPS) is 14.2. The monoisotopic (exact) mass is 442 g/mol. The molecule has 166 valence electrons. The summed E-state index contributed by atoms with van der Waals surface area (Å²) in [5.41, 5.74) is 3.27. The van der Waals surface area contributed by atoms with Crippen molar-refractivity contribution in [2.75, 3.05) is 24.5 Å². The lowest BCUT2D eigenvalue weighted by molar-refractivity contribution is -0.131. The quantitative estimate of drug-likeness (QED) is 0.510. The number of piperazine rings is 1. The van der Waals surface area contributed by atoms with E-state index >= 15 is 0 Å². The predicted octanol–water partition coefficient (Wildman–Crippen LogP) is 4.30. The van der Waals surface area contributed by atoms with E-state index in [0.717, 1.165) is 22.0 Å². The summed E-state index contributed by atoms with van der Waals surface area (Å²) in [4.78, 5) is 26.2. The van der Waals surface area contributed by atoms with Gasteiger partial charge in [-0.15, -0.1) is 0 Å². The molecule has 1 aromatic heterocycles. The molecule has 1 saturated heterocycles. The zero-order valence-corrected chi connectivity index (χ0v) is 18.2. The van der Waals surface area contributed by atoms with Crippen molar-refractivity contribution < 1.29 is 14.3 Å². The highest BCUT2D eigenvalue weighted by Crippen LogP contribution is 2.32. The van der Waals surface area contributed by atoms with Crippen molar-refractivity contribution in [3.8, 4) is 17.1 Å². The first-order valence-corrected chi connectivity index (χ1v) is 10.8. The number of fused-ring (bicyclic) bond motifs is 1. The second kappa shape index (κ2) is 8.50. The Hall–Kier alpha value is -4.00. The molecule has 1 aliphatic heterocycles. The fourth-order valence-electron chi connectivity index (χ4n) is 4.11. The van der Waals surface area contributed by atoms with Crippen LogP contribution in [0, 0.1) is 12.7 Å². The van der Waals surface area contributed by atoms with E-state index in [0.29, 0.717) is 36.8 Å². The van der Waals surface area contributed by atoms with Gasteiger partial charge in [0, 0.05) is 25.0 Å². The van der Waals surface area contributed by atoms with Crippen LogP contribution in [0.25, 0.3) is 22.3 Å². The highest BCUT2D eigenvalue weighted by molar-refractivity contribution is 5.94. The predicted molar refractivity (Wildman–Crippen MR) is 125 cm³/mol. The average Bonchev–Trinajstić information content (AvgIpc) is 2.81. The Morgan fingerprint density at radius 3 is 2.55 bits per heavy atom. The van der Waals surface area contributed by atoms with Gasteiger partial charge in [-0.1, -0.05) is 30.3 Å². The number of phenolic OH excluding ortho intramolecular Hbond substituents is 1. The van der Waals surface area contributed by atoms with Crippen LogP contribution in [0.15, 0.2) is 66.7 Å². The van der Waals surface area contributed by atoms with Crippen LogP contribution in [-0.4, -0.2) is 45.5 Å². The summed E-state index contributed by atoms with van der Waals surface area (Å²) >= 11 is 0. The molecule has 0 spiro atoms. The van der Waals surface area contributed by atoms with E-state index in [-0.39, 0.29) is 24.0 Å². The van der Waals surface area contributed by atoms with Crippen LogP contribution in [0.1, 0.15) is 11.1 Å². The van der Waals surface area contributed by atoms with Gasteiger partial charge in [-0.25, -0.2) is 14.4 Å². The Balaban J connectivity index is 1.47. The Bertz CT molecular complexity index is 1340.